The van der Waals surface area contributed by atoms with Crippen LogP contribution in [0.25, 0.3) is 11.0 Å². The van der Waals surface area contributed by atoms with Crippen molar-refractivity contribution in [3.8, 4) is 0 Å². The largest absolute Gasteiger partial charge is 0.356 e. The molecule has 1 aliphatic heterocycles. The summed E-state index contributed by atoms with van der Waals surface area (Å²) >= 11 is 1.34. The fraction of sp³-hybridized carbons (Fsp3) is 0.389. The molecule has 3 heterocycles. The van der Waals surface area contributed by atoms with E-state index in [4.69, 9.17) is 4.52 Å². The first-order valence-electron chi connectivity index (χ1n) is 9.11. The Kier molecular flexibility index (Phi) is 4.22. The van der Waals surface area contributed by atoms with Gasteiger partial charge in [-0.2, -0.15) is 4.31 Å². The van der Waals surface area contributed by atoms with Gasteiger partial charge in [-0.25, -0.2) is 13.4 Å². The molecule has 0 saturated heterocycles. The zero-order valence-corrected chi connectivity index (χ0v) is 16.6. The smallest absolute Gasteiger partial charge is 0.232 e. The third-order valence-electron chi connectivity index (χ3n) is 5.03. The molecule has 1 saturated carbocycles. The fourth-order valence-electron chi connectivity index (χ4n) is 3.40. The number of nitrogens with zero attached hydrogens (tertiary/aromatic N) is 3. The molecule has 10 heteroatoms. The number of benzene rings is 1. The monoisotopic (exact) mass is 418 g/mol. The number of nitrogens with one attached hydrogen (secondary N) is 1. The van der Waals surface area contributed by atoms with Crippen LogP contribution in [0, 0.1) is 0 Å². The second-order valence-electron chi connectivity index (χ2n) is 7.07. The van der Waals surface area contributed by atoms with Crippen LogP contribution in [0.3, 0.4) is 0 Å². The third kappa shape index (κ3) is 3.21. The summed E-state index contributed by atoms with van der Waals surface area (Å²) in [6.45, 7) is 0.795. The quantitative estimate of drug-likeness (QED) is 0.682. The zero-order chi connectivity index (χ0) is 19.3. The van der Waals surface area contributed by atoms with E-state index in [1.54, 1.807) is 10.4 Å². The Morgan fingerprint density at radius 1 is 1.32 bits per heavy atom. The lowest BCUT2D eigenvalue weighted by molar-refractivity contribution is -0.115. The lowest BCUT2D eigenvalue weighted by Crippen LogP contribution is -2.37. The van der Waals surface area contributed by atoms with Crippen LogP contribution in [0.15, 0.2) is 28.8 Å². The molecule has 28 heavy (non-hydrogen) atoms. The Morgan fingerprint density at radius 2 is 2.14 bits per heavy atom. The molecule has 2 aliphatic rings. The van der Waals surface area contributed by atoms with Crippen LogP contribution in [0.2, 0.25) is 0 Å². The van der Waals surface area contributed by atoms with E-state index in [2.05, 4.69) is 15.5 Å². The standard InChI is InChI=1S/C18H18N4O4S2/c23-17(9-14-12-3-1-2-4-15(12)26-21-14)20-18-19-13-7-8-22(10-16(13)27-18)28(24,25)11-5-6-11/h1-4,11H,5-10H2,(H,19,20,23). The maximum atomic E-state index is 12.5. The molecule has 1 N–H and O–H groups in total. The van der Waals surface area contributed by atoms with E-state index < -0.39 is 10.0 Å². The Labute approximate surface area is 165 Å². The highest BCUT2D eigenvalue weighted by molar-refractivity contribution is 7.90. The summed E-state index contributed by atoms with van der Waals surface area (Å²) < 4.78 is 31.7. The minimum atomic E-state index is -3.19. The Balaban J connectivity index is 1.28. The Hall–Kier alpha value is -2.30. The minimum Gasteiger partial charge on any atom is -0.356 e. The molecular formula is C18H18N4O4S2. The van der Waals surface area contributed by atoms with Crippen LogP contribution in [0.4, 0.5) is 5.13 Å². The molecule has 1 amide bonds. The summed E-state index contributed by atoms with van der Waals surface area (Å²) in [5.41, 5.74) is 2.09. The van der Waals surface area contributed by atoms with E-state index in [0.717, 1.165) is 28.8 Å². The average molecular weight is 419 g/mol. The van der Waals surface area contributed by atoms with Gasteiger partial charge in [0.1, 0.15) is 5.69 Å². The summed E-state index contributed by atoms with van der Waals surface area (Å²) in [7, 11) is -3.19. The molecule has 2 aromatic heterocycles. The second-order valence-corrected chi connectivity index (χ2v) is 10.4. The summed E-state index contributed by atoms with van der Waals surface area (Å²) in [4.78, 5) is 17.8. The van der Waals surface area contributed by atoms with Gasteiger partial charge in [0.2, 0.25) is 15.9 Å². The highest BCUT2D eigenvalue weighted by Gasteiger charge is 2.41. The summed E-state index contributed by atoms with van der Waals surface area (Å²) in [6, 6.07) is 7.40. The molecule has 0 atom stereocenters. The van der Waals surface area contributed by atoms with Gasteiger partial charge in [0.05, 0.1) is 17.4 Å². The fourth-order valence-corrected chi connectivity index (χ4v) is 6.33. The van der Waals surface area contributed by atoms with Crippen molar-refractivity contribution in [1.29, 1.82) is 0 Å². The first-order chi connectivity index (χ1) is 13.5. The predicted octanol–water partition coefficient (Wildman–Crippen LogP) is 2.32. The van der Waals surface area contributed by atoms with Crippen LogP contribution in [0.1, 0.15) is 29.1 Å². The van der Waals surface area contributed by atoms with E-state index in [1.165, 1.54) is 11.3 Å². The SMILES string of the molecule is O=C(Cc1noc2ccccc12)Nc1nc2c(s1)CN(S(=O)(=O)C1CC1)CC2. The van der Waals surface area contributed by atoms with Gasteiger partial charge < -0.3 is 9.84 Å². The normalized spacial score (nSPS) is 17.6. The van der Waals surface area contributed by atoms with Crippen LogP contribution in [-0.2, 0) is 34.2 Å². The molecule has 5 rings (SSSR count). The molecule has 8 nitrogen and oxygen atoms in total. The van der Waals surface area contributed by atoms with Gasteiger partial charge in [0.15, 0.2) is 10.7 Å². The van der Waals surface area contributed by atoms with Gasteiger partial charge in [-0.1, -0.05) is 17.3 Å². The molecule has 146 valence electrons. The molecule has 0 spiro atoms. The first kappa shape index (κ1) is 17.8. The second kappa shape index (κ2) is 6.64. The number of carbonyl (C=O) groups is 1. The van der Waals surface area contributed by atoms with E-state index in [0.29, 0.717) is 35.9 Å². The Bertz CT molecular complexity index is 1160. The third-order valence-corrected chi connectivity index (χ3v) is 8.37. The minimum absolute atomic E-state index is 0.0868. The predicted molar refractivity (Wildman–Crippen MR) is 105 cm³/mol. The van der Waals surface area contributed by atoms with Crippen molar-refractivity contribution in [3.63, 3.8) is 0 Å². The van der Waals surface area contributed by atoms with Gasteiger partial charge in [-0.15, -0.1) is 11.3 Å². The summed E-state index contributed by atoms with van der Waals surface area (Å²) in [5.74, 6) is -0.229. The van der Waals surface area contributed by atoms with Crippen molar-refractivity contribution in [1.82, 2.24) is 14.4 Å². The maximum absolute atomic E-state index is 12.5. The van der Waals surface area contributed by atoms with Gasteiger partial charge in [-0.3, -0.25) is 4.79 Å². The number of hydrogen-bond acceptors (Lipinski definition) is 7. The molecule has 0 radical (unpaired) electrons. The van der Waals surface area contributed by atoms with E-state index >= 15 is 0 Å². The number of anilines is 1. The van der Waals surface area contributed by atoms with Crippen LogP contribution < -0.4 is 5.32 Å². The van der Waals surface area contributed by atoms with Crippen molar-refractivity contribution >= 4 is 43.4 Å². The highest BCUT2D eigenvalue weighted by atomic mass is 32.2. The van der Waals surface area contributed by atoms with Gasteiger partial charge in [0.25, 0.3) is 0 Å². The van der Waals surface area contributed by atoms with Gasteiger partial charge in [-0.05, 0) is 25.0 Å². The molecule has 1 aromatic carbocycles. The van der Waals surface area contributed by atoms with E-state index in [9.17, 15) is 13.2 Å². The number of amides is 1. The van der Waals surface area contributed by atoms with Crippen LogP contribution in [0.5, 0.6) is 0 Å². The molecule has 3 aromatic rings. The van der Waals surface area contributed by atoms with Crippen molar-refractivity contribution in [2.24, 2.45) is 0 Å². The average Bonchev–Trinajstić information content (AvgIpc) is 3.36. The van der Waals surface area contributed by atoms with Crippen molar-refractivity contribution < 1.29 is 17.7 Å². The number of thiazole rings is 1. The number of fused-ring (bicyclic) bond motifs is 2. The first-order valence-corrected chi connectivity index (χ1v) is 11.4. The van der Waals surface area contributed by atoms with E-state index in [-0.39, 0.29) is 17.6 Å². The maximum Gasteiger partial charge on any atom is 0.232 e. The Morgan fingerprint density at radius 3 is 2.96 bits per heavy atom. The lowest BCUT2D eigenvalue weighted by Gasteiger charge is -2.25. The van der Waals surface area contributed by atoms with Crippen molar-refractivity contribution in [3.05, 3.63) is 40.5 Å². The molecule has 1 fully saturated rings. The number of hydrogen-bond donors (Lipinski definition) is 1. The van der Waals surface area contributed by atoms with Gasteiger partial charge >= 0.3 is 0 Å². The van der Waals surface area contributed by atoms with Crippen LogP contribution >= 0.6 is 11.3 Å². The highest BCUT2D eigenvalue weighted by Crippen LogP contribution is 2.35. The number of aromatic nitrogens is 2. The number of carbonyl (C=O) groups excluding carboxylic acids is 1. The summed E-state index contributed by atoms with van der Waals surface area (Å²) in [6.07, 6.45) is 2.17. The molecular weight excluding hydrogens is 400 g/mol. The number of sulfonamides is 1. The number of rotatable bonds is 5. The zero-order valence-electron chi connectivity index (χ0n) is 14.9. The van der Waals surface area contributed by atoms with Crippen LogP contribution in [-0.4, -0.2) is 40.6 Å². The van der Waals surface area contributed by atoms with E-state index in [1.807, 2.05) is 18.2 Å². The molecule has 0 unspecified atom stereocenters. The summed E-state index contributed by atoms with van der Waals surface area (Å²) in [5, 5.41) is 7.89. The molecule has 0 bridgehead atoms. The van der Waals surface area contributed by atoms with Gasteiger partial charge in [0, 0.05) is 29.8 Å². The number of para-hydroxylation sites is 1. The lowest BCUT2D eigenvalue weighted by atomic mass is 10.2. The van der Waals surface area contributed by atoms with Crippen molar-refractivity contribution in [2.75, 3.05) is 11.9 Å². The van der Waals surface area contributed by atoms with Crippen molar-refractivity contribution in [2.45, 2.75) is 37.5 Å². The topological polar surface area (TPSA) is 105 Å². The molecule has 1 aliphatic carbocycles.